The summed E-state index contributed by atoms with van der Waals surface area (Å²) in [5.41, 5.74) is 1.40. The van der Waals surface area contributed by atoms with Gasteiger partial charge in [-0.15, -0.1) is 0 Å². The van der Waals surface area contributed by atoms with Gasteiger partial charge in [0, 0.05) is 0 Å². The molecule has 2 heterocycles. The fraction of sp³-hybridized carbons (Fsp3) is 0.600. The van der Waals surface area contributed by atoms with Crippen LogP contribution in [0.2, 0.25) is 0 Å². The minimum absolute atomic E-state index is 0.199. The first kappa shape index (κ1) is 13.8. The number of anilines is 1. The number of ether oxygens (including phenoxy) is 1. The number of fused-ring (bicyclic) bond motifs is 1. The largest absolute Gasteiger partial charge is 0.494 e. The molecular formula is C15H22BNO3. The van der Waals surface area contributed by atoms with Crippen LogP contribution in [0, 0.1) is 0 Å². The molecule has 20 heavy (non-hydrogen) atoms. The van der Waals surface area contributed by atoms with Gasteiger partial charge in [0.2, 0.25) is 0 Å². The van der Waals surface area contributed by atoms with Crippen molar-refractivity contribution < 1.29 is 14.0 Å². The van der Waals surface area contributed by atoms with Crippen LogP contribution in [-0.4, -0.2) is 31.0 Å². The molecule has 108 valence electrons. The summed E-state index contributed by atoms with van der Waals surface area (Å²) in [6.45, 7) is 11.1. The van der Waals surface area contributed by atoms with Crippen LogP contribution in [0.15, 0.2) is 18.2 Å². The van der Waals surface area contributed by atoms with E-state index < -0.39 is 0 Å². The molecule has 0 aliphatic carbocycles. The van der Waals surface area contributed by atoms with E-state index in [1.165, 1.54) is 0 Å². The zero-order chi connectivity index (χ0) is 14.5. The summed E-state index contributed by atoms with van der Waals surface area (Å²) >= 11 is 0. The van der Waals surface area contributed by atoms with E-state index in [-0.39, 0.29) is 24.4 Å². The molecule has 1 fully saturated rings. The lowest BCUT2D eigenvalue weighted by atomic mass is 9.79. The molecule has 2 aliphatic heterocycles. The normalized spacial score (nSPS) is 26.6. The highest BCUT2D eigenvalue weighted by Crippen LogP contribution is 2.37. The summed E-state index contributed by atoms with van der Waals surface area (Å²) < 4.78 is 17.9. The molecular weight excluding hydrogens is 253 g/mol. The van der Waals surface area contributed by atoms with Crippen LogP contribution in [0.25, 0.3) is 0 Å². The predicted octanol–water partition coefficient (Wildman–Crippen LogP) is 2.18. The molecule has 4 nitrogen and oxygen atoms in total. The van der Waals surface area contributed by atoms with Gasteiger partial charge in [-0.25, -0.2) is 0 Å². The van der Waals surface area contributed by atoms with Crippen molar-refractivity contribution in [1.29, 1.82) is 0 Å². The lowest BCUT2D eigenvalue weighted by Gasteiger charge is -2.32. The Morgan fingerprint density at radius 3 is 2.45 bits per heavy atom. The molecule has 1 N–H and O–H groups in total. The first-order chi connectivity index (χ1) is 9.28. The SMILES string of the molecule is CC1CNc2cc(B3OC(C)(C)C(C)(C)O3)ccc2O1. The molecule has 1 atom stereocenters. The Morgan fingerprint density at radius 1 is 1.15 bits per heavy atom. The van der Waals surface area contributed by atoms with Crippen LogP contribution in [0.4, 0.5) is 5.69 Å². The number of benzene rings is 1. The Balaban J connectivity index is 1.86. The van der Waals surface area contributed by atoms with Crippen LogP contribution >= 0.6 is 0 Å². The Morgan fingerprint density at radius 2 is 1.80 bits per heavy atom. The number of hydrogen-bond donors (Lipinski definition) is 1. The highest BCUT2D eigenvalue weighted by Gasteiger charge is 2.51. The summed E-state index contributed by atoms with van der Waals surface area (Å²) in [6.07, 6.45) is 0.199. The molecule has 0 saturated carbocycles. The number of rotatable bonds is 1. The molecule has 1 saturated heterocycles. The van der Waals surface area contributed by atoms with Crippen molar-refractivity contribution in [3.8, 4) is 5.75 Å². The fourth-order valence-electron chi connectivity index (χ4n) is 2.43. The van der Waals surface area contributed by atoms with Crippen molar-refractivity contribution >= 4 is 18.3 Å². The molecule has 0 spiro atoms. The first-order valence-electron chi connectivity index (χ1n) is 7.19. The van der Waals surface area contributed by atoms with E-state index in [0.717, 1.165) is 23.4 Å². The average Bonchev–Trinajstić information content (AvgIpc) is 2.58. The third-order valence-electron chi connectivity index (χ3n) is 4.44. The first-order valence-corrected chi connectivity index (χ1v) is 7.19. The lowest BCUT2D eigenvalue weighted by molar-refractivity contribution is 0.00578. The predicted molar refractivity (Wildman–Crippen MR) is 80.7 cm³/mol. The van der Waals surface area contributed by atoms with Gasteiger partial charge in [0.1, 0.15) is 11.9 Å². The molecule has 1 unspecified atom stereocenters. The quantitative estimate of drug-likeness (QED) is 0.797. The monoisotopic (exact) mass is 275 g/mol. The molecule has 5 heteroatoms. The lowest BCUT2D eigenvalue weighted by Crippen LogP contribution is -2.41. The third-order valence-corrected chi connectivity index (χ3v) is 4.44. The summed E-state index contributed by atoms with van der Waals surface area (Å²) in [5.74, 6) is 0.893. The molecule has 1 aromatic carbocycles. The number of hydrogen-bond acceptors (Lipinski definition) is 4. The maximum Gasteiger partial charge on any atom is 0.494 e. The number of nitrogens with one attached hydrogen (secondary N) is 1. The summed E-state index contributed by atoms with van der Waals surface area (Å²) in [7, 11) is -0.327. The summed E-state index contributed by atoms with van der Waals surface area (Å²) in [5, 5.41) is 3.38. The minimum atomic E-state index is -0.327. The highest BCUT2D eigenvalue weighted by molar-refractivity contribution is 6.62. The molecule has 2 aliphatic rings. The Labute approximate surface area is 120 Å². The van der Waals surface area contributed by atoms with Crippen LogP contribution in [-0.2, 0) is 9.31 Å². The van der Waals surface area contributed by atoms with E-state index in [0.29, 0.717) is 0 Å². The zero-order valence-electron chi connectivity index (χ0n) is 12.8. The van der Waals surface area contributed by atoms with Gasteiger partial charge in [0.15, 0.2) is 0 Å². The van der Waals surface area contributed by atoms with Gasteiger partial charge in [-0.05, 0) is 52.2 Å². The Bertz CT molecular complexity index is 514. The highest BCUT2D eigenvalue weighted by atomic mass is 16.7. The Kier molecular flexibility index (Phi) is 3.03. The molecule has 0 amide bonds. The van der Waals surface area contributed by atoms with E-state index in [1.807, 2.05) is 12.1 Å². The second kappa shape index (κ2) is 4.40. The molecule has 1 aromatic rings. The van der Waals surface area contributed by atoms with Crippen molar-refractivity contribution in [2.24, 2.45) is 0 Å². The van der Waals surface area contributed by atoms with Crippen molar-refractivity contribution in [1.82, 2.24) is 0 Å². The van der Waals surface area contributed by atoms with Crippen LogP contribution < -0.4 is 15.5 Å². The van der Waals surface area contributed by atoms with Gasteiger partial charge in [0.05, 0.1) is 23.4 Å². The maximum atomic E-state index is 6.07. The van der Waals surface area contributed by atoms with Gasteiger partial charge in [0.25, 0.3) is 0 Å². The van der Waals surface area contributed by atoms with Crippen molar-refractivity contribution in [2.75, 3.05) is 11.9 Å². The zero-order valence-corrected chi connectivity index (χ0v) is 12.8. The van der Waals surface area contributed by atoms with Gasteiger partial charge in [-0.1, -0.05) is 6.07 Å². The summed E-state index contributed by atoms with van der Waals surface area (Å²) in [4.78, 5) is 0. The van der Waals surface area contributed by atoms with Crippen LogP contribution in [0.1, 0.15) is 34.6 Å². The maximum absolute atomic E-state index is 6.07. The van der Waals surface area contributed by atoms with Crippen molar-refractivity contribution in [3.63, 3.8) is 0 Å². The van der Waals surface area contributed by atoms with Crippen molar-refractivity contribution in [2.45, 2.75) is 51.9 Å². The van der Waals surface area contributed by atoms with E-state index in [2.05, 4.69) is 46.0 Å². The average molecular weight is 275 g/mol. The smallest absolute Gasteiger partial charge is 0.487 e. The van der Waals surface area contributed by atoms with E-state index in [9.17, 15) is 0 Å². The molecule has 3 rings (SSSR count). The summed E-state index contributed by atoms with van der Waals surface area (Å²) in [6, 6.07) is 6.06. The Hall–Kier alpha value is -1.20. The van der Waals surface area contributed by atoms with Crippen LogP contribution in [0.3, 0.4) is 0 Å². The molecule has 0 aromatic heterocycles. The molecule has 0 radical (unpaired) electrons. The molecule has 0 bridgehead atoms. The van der Waals surface area contributed by atoms with E-state index in [4.69, 9.17) is 14.0 Å². The minimum Gasteiger partial charge on any atom is -0.487 e. The van der Waals surface area contributed by atoms with E-state index >= 15 is 0 Å². The van der Waals surface area contributed by atoms with Crippen LogP contribution in [0.5, 0.6) is 5.75 Å². The van der Waals surface area contributed by atoms with Gasteiger partial charge < -0.3 is 19.4 Å². The standard InChI is InChI=1S/C15H22BNO3/c1-10-9-17-12-8-11(6-7-13(12)18-10)16-19-14(2,3)15(4,5)20-16/h6-8,10,17H,9H2,1-5H3. The van der Waals surface area contributed by atoms with Gasteiger partial charge >= 0.3 is 7.12 Å². The topological polar surface area (TPSA) is 39.7 Å². The second-order valence-electron chi connectivity index (χ2n) is 6.65. The van der Waals surface area contributed by atoms with Crippen molar-refractivity contribution in [3.05, 3.63) is 18.2 Å². The fourth-order valence-corrected chi connectivity index (χ4v) is 2.43. The van der Waals surface area contributed by atoms with Gasteiger partial charge in [-0.3, -0.25) is 0 Å². The van der Waals surface area contributed by atoms with E-state index in [1.54, 1.807) is 0 Å². The second-order valence-corrected chi connectivity index (χ2v) is 6.65. The third kappa shape index (κ3) is 2.19. The van der Waals surface area contributed by atoms with Gasteiger partial charge in [-0.2, -0.15) is 0 Å².